The fraction of sp³-hybridized carbons (Fsp3) is 0.400. The molecule has 1 heterocycles. The molecule has 1 aliphatic rings. The van der Waals surface area contributed by atoms with Crippen molar-refractivity contribution in [2.45, 2.75) is 37.7 Å². The second-order valence-corrected chi connectivity index (χ2v) is 9.79. The summed E-state index contributed by atoms with van der Waals surface area (Å²) in [5, 5.41) is 0.445. The van der Waals surface area contributed by atoms with Gasteiger partial charge in [-0.15, -0.1) is 0 Å². The van der Waals surface area contributed by atoms with E-state index in [1.807, 2.05) is 0 Å². The third-order valence-electron chi connectivity index (χ3n) is 6.44. The molecule has 0 radical (unpaired) electrons. The number of nitrogens with zero attached hydrogens (tertiary/aromatic N) is 2. The number of halogens is 7. The van der Waals surface area contributed by atoms with Crippen LogP contribution in [-0.2, 0) is 23.6 Å². The van der Waals surface area contributed by atoms with Crippen molar-refractivity contribution in [3.05, 3.63) is 69.7 Å². The lowest BCUT2D eigenvalue weighted by molar-refractivity contribution is -0.143. The van der Waals surface area contributed by atoms with Crippen molar-refractivity contribution in [3.8, 4) is 0 Å². The van der Waals surface area contributed by atoms with Gasteiger partial charge in [0.1, 0.15) is 6.54 Å². The minimum absolute atomic E-state index is 0.0253. The molecular formula is C25H25ClF6N4O3. The third kappa shape index (κ3) is 8.01. The first kappa shape index (κ1) is 30.1. The van der Waals surface area contributed by atoms with Crippen molar-refractivity contribution >= 4 is 29.4 Å². The smallest absolute Gasteiger partial charge is 0.368 e. The maximum atomic E-state index is 13.4. The molecule has 0 spiro atoms. The van der Waals surface area contributed by atoms with Crippen molar-refractivity contribution in [2.75, 3.05) is 19.6 Å². The normalized spacial score (nSPS) is 18.1. The second-order valence-electron chi connectivity index (χ2n) is 9.35. The summed E-state index contributed by atoms with van der Waals surface area (Å²) in [5.41, 5.74) is 7.31. The summed E-state index contributed by atoms with van der Waals surface area (Å²) >= 11 is 5.93. The Labute approximate surface area is 224 Å². The van der Waals surface area contributed by atoms with Crippen molar-refractivity contribution in [3.63, 3.8) is 0 Å². The molecule has 2 aromatic rings. The van der Waals surface area contributed by atoms with E-state index in [0.29, 0.717) is 22.7 Å². The maximum Gasteiger partial charge on any atom is 0.416 e. The molecule has 2 atom stereocenters. The molecule has 1 fully saturated rings. The Hall–Kier alpha value is -3.48. The average molecular weight is 579 g/mol. The van der Waals surface area contributed by atoms with E-state index in [1.54, 1.807) is 24.3 Å². The zero-order valence-electron chi connectivity index (χ0n) is 20.4. The molecule has 3 rings (SSSR count). The van der Waals surface area contributed by atoms with Crippen molar-refractivity contribution in [2.24, 2.45) is 17.4 Å². The van der Waals surface area contributed by atoms with Crippen LogP contribution in [0.3, 0.4) is 0 Å². The number of benzene rings is 2. The predicted octanol–water partition coefficient (Wildman–Crippen LogP) is 4.71. The number of urea groups is 1. The van der Waals surface area contributed by atoms with Crippen LogP contribution < -0.4 is 11.5 Å². The molecule has 2 aromatic carbocycles. The van der Waals surface area contributed by atoms with E-state index >= 15 is 0 Å². The molecule has 1 saturated heterocycles. The number of hydrogen-bond acceptors (Lipinski definition) is 3. The molecule has 14 heteroatoms. The summed E-state index contributed by atoms with van der Waals surface area (Å²) in [6, 6.07) is 5.81. The molecule has 0 aromatic heterocycles. The fourth-order valence-corrected chi connectivity index (χ4v) is 4.76. The number of piperidine rings is 1. The summed E-state index contributed by atoms with van der Waals surface area (Å²) in [7, 11) is 0. The van der Waals surface area contributed by atoms with Crippen molar-refractivity contribution in [1.29, 1.82) is 0 Å². The van der Waals surface area contributed by atoms with Crippen LogP contribution in [0.1, 0.15) is 39.9 Å². The summed E-state index contributed by atoms with van der Waals surface area (Å²) in [6.07, 6.45) is -9.54. The van der Waals surface area contributed by atoms with Gasteiger partial charge in [-0.1, -0.05) is 23.7 Å². The van der Waals surface area contributed by atoms with Crippen LogP contribution in [0, 0.1) is 5.92 Å². The fourth-order valence-electron chi connectivity index (χ4n) is 4.63. The second kappa shape index (κ2) is 11.7. The standard InChI is InChI=1S/C25H25ClF6N4O3/c26-19-3-1-14(2-4-19)7-20-8-15(12-35(23(34)39)13-21(33)37)5-6-36(20)22(38)16-9-17(24(27,28)29)11-18(10-16)25(30,31)32/h1-4,9-11,15,20H,5-8,12-13H2,(H2,33,37)(H2,34,39). The van der Waals surface area contributed by atoms with Gasteiger partial charge in [-0.3, -0.25) is 9.59 Å². The minimum atomic E-state index is -5.11. The number of nitrogens with two attached hydrogens (primary N) is 2. The molecule has 0 saturated carbocycles. The third-order valence-corrected chi connectivity index (χ3v) is 6.69. The Morgan fingerprint density at radius 2 is 1.51 bits per heavy atom. The lowest BCUT2D eigenvalue weighted by Crippen LogP contribution is -2.51. The number of amides is 4. The molecule has 4 N–H and O–H groups in total. The molecule has 212 valence electrons. The van der Waals surface area contributed by atoms with Gasteiger partial charge >= 0.3 is 18.4 Å². The number of primary amides is 2. The first-order valence-electron chi connectivity index (χ1n) is 11.7. The van der Waals surface area contributed by atoms with Crippen LogP contribution in [0.2, 0.25) is 5.02 Å². The zero-order chi connectivity index (χ0) is 29.1. The number of likely N-dealkylation sites (tertiary alicyclic amines) is 1. The van der Waals surface area contributed by atoms with Crippen molar-refractivity contribution < 1.29 is 40.7 Å². The first-order valence-corrected chi connectivity index (χ1v) is 12.1. The van der Waals surface area contributed by atoms with E-state index in [0.717, 1.165) is 4.90 Å². The first-order chi connectivity index (χ1) is 18.0. The minimum Gasteiger partial charge on any atom is -0.368 e. The monoisotopic (exact) mass is 578 g/mol. The van der Waals surface area contributed by atoms with Crippen LogP contribution >= 0.6 is 11.6 Å². The van der Waals surface area contributed by atoms with Crippen LogP contribution in [0.5, 0.6) is 0 Å². The average Bonchev–Trinajstić information content (AvgIpc) is 2.83. The number of carbonyl (C=O) groups is 3. The summed E-state index contributed by atoms with van der Waals surface area (Å²) in [5.74, 6) is -2.07. The highest BCUT2D eigenvalue weighted by atomic mass is 35.5. The Morgan fingerprint density at radius 3 is 2.00 bits per heavy atom. The predicted molar refractivity (Wildman–Crippen MR) is 130 cm³/mol. The van der Waals surface area contributed by atoms with E-state index in [2.05, 4.69) is 0 Å². The van der Waals surface area contributed by atoms with Gasteiger partial charge < -0.3 is 21.3 Å². The van der Waals surface area contributed by atoms with Gasteiger partial charge in [0.05, 0.1) is 11.1 Å². The molecule has 4 amide bonds. The van der Waals surface area contributed by atoms with Crippen molar-refractivity contribution in [1.82, 2.24) is 9.80 Å². The topological polar surface area (TPSA) is 110 Å². The lowest BCUT2D eigenvalue weighted by Gasteiger charge is -2.41. The number of carbonyl (C=O) groups excluding carboxylic acids is 3. The lowest BCUT2D eigenvalue weighted by atomic mass is 9.86. The molecule has 0 aliphatic carbocycles. The van der Waals surface area contributed by atoms with E-state index in [9.17, 15) is 40.7 Å². The van der Waals surface area contributed by atoms with E-state index in [1.165, 1.54) is 4.90 Å². The largest absolute Gasteiger partial charge is 0.416 e. The Kier molecular flexibility index (Phi) is 9.04. The molecule has 0 bridgehead atoms. The van der Waals surface area contributed by atoms with Crippen LogP contribution in [0.4, 0.5) is 31.1 Å². The van der Waals surface area contributed by atoms with E-state index in [-0.39, 0.29) is 44.3 Å². The SMILES string of the molecule is NC(=O)CN(CC1CCN(C(=O)c2cc(C(F)(F)F)cc(C(F)(F)F)c2)C(Cc2ccc(Cl)cc2)C1)C(N)=O. The number of hydrogen-bond donors (Lipinski definition) is 2. The van der Waals surface area contributed by atoms with Crippen LogP contribution in [0.15, 0.2) is 42.5 Å². The van der Waals surface area contributed by atoms with E-state index in [4.69, 9.17) is 23.1 Å². The molecule has 39 heavy (non-hydrogen) atoms. The maximum absolute atomic E-state index is 13.4. The number of rotatable bonds is 7. The highest BCUT2D eigenvalue weighted by molar-refractivity contribution is 6.30. The highest BCUT2D eigenvalue weighted by Crippen LogP contribution is 2.37. The van der Waals surface area contributed by atoms with Crippen LogP contribution in [0.25, 0.3) is 0 Å². The van der Waals surface area contributed by atoms with Gasteiger partial charge in [-0.05, 0) is 61.1 Å². The Morgan fingerprint density at radius 1 is 0.949 bits per heavy atom. The summed E-state index contributed by atoms with van der Waals surface area (Å²) < 4.78 is 80.3. The van der Waals surface area contributed by atoms with Gasteiger partial charge in [-0.25, -0.2) is 4.79 Å². The molecule has 1 aliphatic heterocycles. The molecular weight excluding hydrogens is 554 g/mol. The highest BCUT2D eigenvalue weighted by Gasteiger charge is 2.39. The van der Waals surface area contributed by atoms with Crippen LogP contribution in [-0.4, -0.2) is 53.3 Å². The molecule has 7 nitrogen and oxygen atoms in total. The quantitative estimate of drug-likeness (QED) is 0.465. The number of alkyl halides is 6. The zero-order valence-corrected chi connectivity index (χ0v) is 21.1. The van der Waals surface area contributed by atoms with E-state index < -0.39 is 59.5 Å². The van der Waals surface area contributed by atoms with Gasteiger partial charge in [-0.2, -0.15) is 26.3 Å². The van der Waals surface area contributed by atoms with Gasteiger partial charge in [0, 0.05) is 29.7 Å². The van der Waals surface area contributed by atoms with Gasteiger partial charge in [0.2, 0.25) is 5.91 Å². The summed E-state index contributed by atoms with van der Waals surface area (Å²) in [6.45, 7) is -0.428. The Bertz CT molecular complexity index is 1190. The van der Waals surface area contributed by atoms with Gasteiger partial charge in [0.25, 0.3) is 5.91 Å². The summed E-state index contributed by atoms with van der Waals surface area (Å²) in [4.78, 5) is 38.8. The Balaban J connectivity index is 1.95. The molecule has 2 unspecified atom stereocenters. The van der Waals surface area contributed by atoms with Gasteiger partial charge in [0.15, 0.2) is 0 Å².